The highest BCUT2D eigenvalue weighted by Gasteiger charge is 2.31. The van der Waals surface area contributed by atoms with Gasteiger partial charge in [0.2, 0.25) is 11.8 Å². The largest absolute Gasteiger partial charge is 0.360 e. The van der Waals surface area contributed by atoms with E-state index in [1.54, 1.807) is 24.3 Å². The van der Waals surface area contributed by atoms with Gasteiger partial charge in [0.05, 0.1) is 17.2 Å². The topological polar surface area (TPSA) is 94.8 Å². The van der Waals surface area contributed by atoms with Crippen LogP contribution in [0.5, 0.6) is 0 Å². The normalized spacial score (nSPS) is 19.0. The molecular formula is C21H30N6O3S. The molecule has 2 aliphatic heterocycles. The number of hydrogen-bond donors (Lipinski definition) is 1. The molecule has 0 bridgehead atoms. The molecule has 4 heterocycles. The zero-order chi connectivity index (χ0) is 21.8. The fourth-order valence-corrected chi connectivity index (χ4v) is 4.85. The molecule has 2 amide bonds. The lowest BCUT2D eigenvalue weighted by Gasteiger charge is -2.38. The Kier molecular flexibility index (Phi) is 6.99. The fraction of sp³-hybridized carbons (Fsp3) is 0.619. The second-order valence-electron chi connectivity index (χ2n) is 8.38. The molecule has 31 heavy (non-hydrogen) atoms. The summed E-state index contributed by atoms with van der Waals surface area (Å²) >= 11 is 1.69. The first kappa shape index (κ1) is 21.9. The zero-order valence-electron chi connectivity index (χ0n) is 18.2. The summed E-state index contributed by atoms with van der Waals surface area (Å²) in [6, 6.07) is 1.69. The van der Waals surface area contributed by atoms with Gasteiger partial charge in [0.25, 0.3) is 0 Å². The van der Waals surface area contributed by atoms with Crippen molar-refractivity contribution in [1.82, 2.24) is 24.8 Å². The van der Waals surface area contributed by atoms with E-state index in [1.807, 2.05) is 11.8 Å². The van der Waals surface area contributed by atoms with Crippen molar-refractivity contribution in [2.75, 3.05) is 51.1 Å². The number of carbonyl (C=O) groups is 2. The van der Waals surface area contributed by atoms with Gasteiger partial charge in [0.15, 0.2) is 5.82 Å². The average molecular weight is 447 g/mol. The predicted molar refractivity (Wildman–Crippen MR) is 118 cm³/mol. The third-order valence-corrected chi connectivity index (χ3v) is 6.76. The molecular weight excluding hydrogens is 416 g/mol. The number of piperidine rings is 1. The van der Waals surface area contributed by atoms with Gasteiger partial charge >= 0.3 is 0 Å². The van der Waals surface area contributed by atoms with Crippen molar-refractivity contribution < 1.29 is 14.1 Å². The standard InChI is InChI=1S/C21H30N6O3S/c1-15-11-19(24-30-15)23-20(28)13-26-7-9-27(10-8-26)21(29)17-3-5-25(6-4-17)12-18-14-31-16(2)22-18/h11,14,17H,3-10,12-13H2,1-2H3,(H,23,24,28). The van der Waals surface area contributed by atoms with Gasteiger partial charge in [-0.05, 0) is 39.8 Å². The van der Waals surface area contributed by atoms with Gasteiger partial charge in [-0.25, -0.2) is 4.98 Å². The summed E-state index contributed by atoms with van der Waals surface area (Å²) in [5.41, 5.74) is 1.13. The highest BCUT2D eigenvalue weighted by molar-refractivity contribution is 7.09. The minimum atomic E-state index is -0.115. The molecule has 0 atom stereocenters. The molecule has 2 fully saturated rings. The Balaban J connectivity index is 1.17. The van der Waals surface area contributed by atoms with E-state index in [1.165, 1.54) is 0 Å². The van der Waals surface area contributed by atoms with E-state index in [9.17, 15) is 9.59 Å². The highest BCUT2D eigenvalue weighted by atomic mass is 32.1. The fourth-order valence-electron chi connectivity index (χ4n) is 4.24. The van der Waals surface area contributed by atoms with Gasteiger partial charge < -0.3 is 14.7 Å². The molecule has 0 radical (unpaired) electrons. The molecule has 0 unspecified atom stereocenters. The number of aryl methyl sites for hydroxylation is 2. The SMILES string of the molecule is Cc1cc(NC(=O)CN2CCN(C(=O)C3CCN(Cc4csc(C)n4)CC3)CC2)no1. The molecule has 0 spiro atoms. The average Bonchev–Trinajstić information content (AvgIpc) is 3.36. The van der Waals surface area contributed by atoms with E-state index in [-0.39, 0.29) is 17.7 Å². The Labute approximate surface area is 186 Å². The molecule has 2 saturated heterocycles. The monoisotopic (exact) mass is 446 g/mol. The summed E-state index contributed by atoms with van der Waals surface area (Å²) in [7, 11) is 0. The molecule has 0 aliphatic carbocycles. The lowest BCUT2D eigenvalue weighted by molar-refractivity contribution is -0.139. The number of aromatic nitrogens is 2. The lowest BCUT2D eigenvalue weighted by atomic mass is 9.95. The van der Waals surface area contributed by atoms with Crippen LogP contribution < -0.4 is 5.32 Å². The van der Waals surface area contributed by atoms with E-state index < -0.39 is 0 Å². The number of carbonyl (C=O) groups excluding carboxylic acids is 2. The maximum absolute atomic E-state index is 13.0. The maximum Gasteiger partial charge on any atom is 0.239 e. The van der Waals surface area contributed by atoms with Gasteiger partial charge in [0, 0.05) is 50.1 Å². The number of anilines is 1. The third kappa shape index (κ3) is 5.90. The molecule has 0 saturated carbocycles. The molecule has 1 N–H and O–H groups in total. The van der Waals surface area contributed by atoms with Crippen molar-refractivity contribution in [3.8, 4) is 0 Å². The first-order valence-corrected chi connectivity index (χ1v) is 11.7. The summed E-state index contributed by atoms with van der Waals surface area (Å²) in [6.07, 6.45) is 1.81. The Morgan fingerprint density at radius 2 is 1.87 bits per heavy atom. The van der Waals surface area contributed by atoms with E-state index in [4.69, 9.17) is 4.52 Å². The summed E-state index contributed by atoms with van der Waals surface area (Å²) in [5.74, 6) is 1.36. The van der Waals surface area contributed by atoms with E-state index in [0.29, 0.717) is 44.3 Å². The van der Waals surface area contributed by atoms with Crippen molar-refractivity contribution in [2.45, 2.75) is 33.2 Å². The molecule has 0 aromatic carbocycles. The predicted octanol–water partition coefficient (Wildman–Crippen LogP) is 1.74. The van der Waals surface area contributed by atoms with Crippen LogP contribution in [0, 0.1) is 19.8 Å². The first-order valence-electron chi connectivity index (χ1n) is 10.8. The lowest BCUT2D eigenvalue weighted by Crippen LogP contribution is -2.52. The number of hydrogen-bond acceptors (Lipinski definition) is 8. The molecule has 10 heteroatoms. The molecule has 9 nitrogen and oxygen atoms in total. The van der Waals surface area contributed by atoms with Crippen LogP contribution in [-0.2, 0) is 16.1 Å². The van der Waals surface area contributed by atoms with Crippen LogP contribution in [0.25, 0.3) is 0 Å². The summed E-state index contributed by atoms with van der Waals surface area (Å²) in [5, 5.41) is 9.75. The zero-order valence-corrected chi connectivity index (χ0v) is 19.0. The van der Waals surface area contributed by atoms with Crippen LogP contribution in [0.15, 0.2) is 16.0 Å². The second kappa shape index (κ2) is 9.88. The minimum absolute atomic E-state index is 0.110. The van der Waals surface area contributed by atoms with Crippen molar-refractivity contribution in [2.24, 2.45) is 5.92 Å². The van der Waals surface area contributed by atoms with E-state index in [2.05, 4.69) is 30.6 Å². The third-order valence-electron chi connectivity index (χ3n) is 5.94. The molecule has 2 aromatic rings. The Bertz CT molecular complexity index is 897. The van der Waals surface area contributed by atoms with E-state index in [0.717, 1.165) is 43.2 Å². The number of amides is 2. The molecule has 2 aliphatic rings. The van der Waals surface area contributed by atoms with Crippen molar-refractivity contribution in [3.63, 3.8) is 0 Å². The quantitative estimate of drug-likeness (QED) is 0.722. The minimum Gasteiger partial charge on any atom is -0.360 e. The smallest absolute Gasteiger partial charge is 0.239 e. The number of rotatable bonds is 6. The number of thiazole rings is 1. The van der Waals surface area contributed by atoms with Gasteiger partial charge in [-0.3, -0.25) is 19.4 Å². The van der Waals surface area contributed by atoms with Crippen LogP contribution in [0.2, 0.25) is 0 Å². The number of nitrogens with zero attached hydrogens (tertiary/aromatic N) is 5. The first-order chi connectivity index (χ1) is 15.0. The maximum atomic E-state index is 13.0. The number of piperazine rings is 1. The summed E-state index contributed by atoms with van der Waals surface area (Å²) in [4.78, 5) is 36.2. The van der Waals surface area contributed by atoms with E-state index >= 15 is 0 Å². The van der Waals surface area contributed by atoms with Crippen molar-refractivity contribution in [3.05, 3.63) is 27.9 Å². The number of nitrogens with one attached hydrogen (secondary N) is 1. The Hall–Kier alpha value is -2.30. The van der Waals surface area contributed by atoms with Crippen LogP contribution in [0.3, 0.4) is 0 Å². The van der Waals surface area contributed by atoms with Crippen LogP contribution in [0.1, 0.15) is 29.3 Å². The second-order valence-corrected chi connectivity index (χ2v) is 9.44. The van der Waals surface area contributed by atoms with Crippen molar-refractivity contribution in [1.29, 1.82) is 0 Å². The number of likely N-dealkylation sites (tertiary alicyclic amines) is 1. The van der Waals surface area contributed by atoms with Gasteiger partial charge in [-0.1, -0.05) is 5.16 Å². The molecule has 168 valence electrons. The Morgan fingerprint density at radius 3 is 2.48 bits per heavy atom. The van der Waals surface area contributed by atoms with Crippen LogP contribution >= 0.6 is 11.3 Å². The molecule has 2 aromatic heterocycles. The molecule has 4 rings (SSSR count). The van der Waals surface area contributed by atoms with Crippen molar-refractivity contribution >= 4 is 29.0 Å². The van der Waals surface area contributed by atoms with Gasteiger partial charge in [0.1, 0.15) is 5.76 Å². The Morgan fingerprint density at radius 1 is 1.13 bits per heavy atom. The van der Waals surface area contributed by atoms with Crippen LogP contribution in [-0.4, -0.2) is 82.5 Å². The summed E-state index contributed by atoms with van der Waals surface area (Å²) in [6.45, 7) is 9.62. The van der Waals surface area contributed by atoms with Gasteiger partial charge in [-0.2, -0.15) is 0 Å². The van der Waals surface area contributed by atoms with Crippen LogP contribution in [0.4, 0.5) is 5.82 Å². The van der Waals surface area contributed by atoms with Gasteiger partial charge in [-0.15, -0.1) is 11.3 Å². The summed E-state index contributed by atoms with van der Waals surface area (Å²) < 4.78 is 4.96. The highest BCUT2D eigenvalue weighted by Crippen LogP contribution is 2.22.